The van der Waals surface area contributed by atoms with Crippen molar-refractivity contribution in [1.29, 1.82) is 0 Å². The molecule has 1 fully saturated rings. The van der Waals surface area contributed by atoms with Gasteiger partial charge in [0.1, 0.15) is 18.8 Å². The normalized spacial score (nSPS) is 17.7. The lowest BCUT2D eigenvalue weighted by Crippen LogP contribution is -2.57. The highest BCUT2D eigenvalue weighted by molar-refractivity contribution is 7.99. The van der Waals surface area contributed by atoms with E-state index in [4.69, 9.17) is 16.7 Å². The van der Waals surface area contributed by atoms with Crippen LogP contribution in [0.2, 0.25) is 5.02 Å². The number of carbonyl (C=O) groups excluding carboxylic acids is 3. The molecule has 11 heteroatoms. The van der Waals surface area contributed by atoms with Crippen LogP contribution in [0.3, 0.4) is 0 Å². The van der Waals surface area contributed by atoms with Crippen LogP contribution < -0.4 is 10.2 Å². The summed E-state index contributed by atoms with van der Waals surface area (Å²) in [4.78, 5) is 54.7. The van der Waals surface area contributed by atoms with Crippen LogP contribution in [0.25, 0.3) is 0 Å². The second kappa shape index (κ2) is 10.7. The lowest BCUT2D eigenvalue weighted by molar-refractivity contribution is -0.140. The van der Waals surface area contributed by atoms with E-state index in [0.29, 0.717) is 42.2 Å². The van der Waals surface area contributed by atoms with E-state index in [2.05, 4.69) is 5.32 Å². The van der Waals surface area contributed by atoms with Crippen molar-refractivity contribution in [2.45, 2.75) is 47.6 Å². The van der Waals surface area contributed by atoms with Gasteiger partial charge < -0.3 is 15.3 Å². The quantitative estimate of drug-likeness (QED) is 0.585. The first-order valence-electron chi connectivity index (χ1n) is 11.1. The SMILES string of the molecule is O=C(O)CC(NC(=O)C1CCCCN1C(=O)N1c2ccccc2Sc2cc(Cl)ccc21)C(=O)CF. The summed E-state index contributed by atoms with van der Waals surface area (Å²) >= 11 is 7.68. The van der Waals surface area contributed by atoms with E-state index in [-0.39, 0.29) is 0 Å². The number of carboxylic acids is 1. The number of halogens is 2. The van der Waals surface area contributed by atoms with Gasteiger partial charge in [0.2, 0.25) is 5.91 Å². The summed E-state index contributed by atoms with van der Waals surface area (Å²) in [5.74, 6) is -3.05. The molecule has 0 bridgehead atoms. The van der Waals surface area contributed by atoms with E-state index in [1.54, 1.807) is 23.1 Å². The number of amides is 3. The number of aliphatic carboxylic acids is 1. The number of likely N-dealkylation sites (tertiary alicyclic amines) is 1. The molecule has 2 N–H and O–H groups in total. The summed E-state index contributed by atoms with van der Waals surface area (Å²) < 4.78 is 13.0. The number of carbonyl (C=O) groups is 4. The number of hydrogen-bond acceptors (Lipinski definition) is 5. The van der Waals surface area contributed by atoms with E-state index in [1.165, 1.54) is 16.7 Å². The maximum absolute atomic E-state index is 13.9. The van der Waals surface area contributed by atoms with Gasteiger partial charge in [0, 0.05) is 21.4 Å². The highest BCUT2D eigenvalue weighted by Crippen LogP contribution is 2.49. The number of nitrogens with zero attached hydrogens (tertiary/aromatic N) is 2. The molecule has 35 heavy (non-hydrogen) atoms. The number of hydrogen-bond donors (Lipinski definition) is 2. The van der Waals surface area contributed by atoms with Gasteiger partial charge in [-0.1, -0.05) is 35.5 Å². The monoisotopic (exact) mass is 519 g/mol. The molecular weight excluding hydrogens is 497 g/mol. The lowest BCUT2D eigenvalue weighted by atomic mass is 10.0. The summed E-state index contributed by atoms with van der Waals surface area (Å²) in [6.45, 7) is -1.10. The van der Waals surface area contributed by atoms with Crippen LogP contribution in [0.4, 0.5) is 20.6 Å². The Morgan fingerprint density at radius 3 is 2.60 bits per heavy atom. The van der Waals surface area contributed by atoms with Crippen molar-refractivity contribution in [2.75, 3.05) is 18.1 Å². The molecule has 2 atom stereocenters. The number of nitrogens with one attached hydrogen (secondary N) is 1. The third-order valence-electron chi connectivity index (χ3n) is 5.95. The molecule has 2 aromatic rings. The first-order valence-corrected chi connectivity index (χ1v) is 12.3. The van der Waals surface area contributed by atoms with Crippen molar-refractivity contribution >= 4 is 58.4 Å². The number of benzene rings is 2. The molecule has 2 aliphatic heterocycles. The Kier molecular flexibility index (Phi) is 7.61. The number of rotatable bonds is 6. The summed E-state index contributed by atoms with van der Waals surface area (Å²) in [7, 11) is 0. The Morgan fingerprint density at radius 2 is 1.86 bits per heavy atom. The van der Waals surface area contributed by atoms with Gasteiger partial charge in [-0.3, -0.25) is 19.3 Å². The molecule has 0 aromatic heterocycles. The van der Waals surface area contributed by atoms with E-state index >= 15 is 0 Å². The van der Waals surface area contributed by atoms with E-state index in [0.717, 1.165) is 9.79 Å². The molecule has 2 aromatic carbocycles. The molecular formula is C24H23ClFN3O5S. The Morgan fingerprint density at radius 1 is 1.11 bits per heavy atom. The molecule has 0 spiro atoms. The predicted molar refractivity (Wildman–Crippen MR) is 129 cm³/mol. The minimum Gasteiger partial charge on any atom is -0.481 e. The fourth-order valence-corrected chi connectivity index (χ4v) is 5.61. The number of para-hydroxylation sites is 1. The van der Waals surface area contributed by atoms with Gasteiger partial charge >= 0.3 is 12.0 Å². The standard InChI is InChI=1S/C24H23ClFN3O5S/c25-14-8-9-17-21(11-14)35-20-7-2-1-5-16(20)29(17)24(34)28-10-4-3-6-18(28)23(33)27-15(12-22(31)32)19(30)13-26/h1-2,5,7-9,11,15,18H,3-4,6,10,12-13H2,(H,27,33)(H,31,32). The third-order valence-corrected chi connectivity index (χ3v) is 7.29. The summed E-state index contributed by atoms with van der Waals surface area (Å²) in [5, 5.41) is 11.9. The first-order chi connectivity index (χ1) is 16.8. The third kappa shape index (κ3) is 5.28. The van der Waals surface area contributed by atoms with Crippen molar-refractivity contribution in [3.05, 3.63) is 47.5 Å². The highest BCUT2D eigenvalue weighted by Gasteiger charge is 2.39. The predicted octanol–water partition coefficient (Wildman–Crippen LogP) is 4.42. The van der Waals surface area contributed by atoms with Crippen molar-refractivity contribution in [3.8, 4) is 0 Å². The first kappa shape index (κ1) is 25.0. The Hall–Kier alpha value is -3.11. The smallest absolute Gasteiger partial charge is 0.329 e. The van der Waals surface area contributed by atoms with Gasteiger partial charge in [0.05, 0.1) is 17.8 Å². The number of Topliss-reactive ketones (excluding diaryl/α,β-unsaturated/α-hetero) is 1. The molecule has 1 saturated heterocycles. The maximum Gasteiger partial charge on any atom is 0.329 e. The number of piperidine rings is 1. The molecule has 0 aliphatic carbocycles. The molecule has 0 saturated carbocycles. The molecule has 2 aliphatic rings. The minimum atomic E-state index is -1.50. The zero-order valence-corrected chi connectivity index (χ0v) is 20.2. The minimum absolute atomic E-state index is 0.298. The fraction of sp³-hybridized carbons (Fsp3) is 0.333. The van der Waals surface area contributed by atoms with E-state index < -0.39 is 48.9 Å². The van der Waals surface area contributed by atoms with Crippen molar-refractivity contribution in [3.63, 3.8) is 0 Å². The zero-order chi connectivity index (χ0) is 25.1. The number of anilines is 2. The van der Waals surface area contributed by atoms with Crippen LogP contribution in [0.1, 0.15) is 25.7 Å². The van der Waals surface area contributed by atoms with Crippen LogP contribution in [0, 0.1) is 0 Å². The van der Waals surface area contributed by atoms with E-state index in [1.807, 2.05) is 24.3 Å². The fourth-order valence-electron chi connectivity index (χ4n) is 4.28. The Labute approximate surface area is 210 Å². The van der Waals surface area contributed by atoms with Crippen molar-refractivity contribution in [1.82, 2.24) is 10.2 Å². The lowest BCUT2D eigenvalue weighted by Gasteiger charge is -2.40. The number of fused-ring (bicyclic) bond motifs is 2. The molecule has 0 radical (unpaired) electrons. The topological polar surface area (TPSA) is 107 Å². The van der Waals surface area contributed by atoms with E-state index in [9.17, 15) is 23.6 Å². The Balaban J connectivity index is 1.65. The zero-order valence-electron chi connectivity index (χ0n) is 18.6. The van der Waals surface area contributed by atoms with Gasteiger partial charge in [-0.15, -0.1) is 0 Å². The second-order valence-corrected chi connectivity index (χ2v) is 9.78. The van der Waals surface area contributed by atoms with Crippen molar-refractivity contribution in [2.24, 2.45) is 0 Å². The van der Waals surface area contributed by atoms with Gasteiger partial charge in [-0.25, -0.2) is 9.18 Å². The number of ketones is 1. The summed E-state index contributed by atoms with van der Waals surface area (Å²) in [6.07, 6.45) is 0.940. The van der Waals surface area contributed by atoms with Gasteiger partial charge in [0.15, 0.2) is 5.78 Å². The van der Waals surface area contributed by atoms with Gasteiger partial charge in [-0.05, 0) is 49.6 Å². The van der Waals surface area contributed by atoms with Crippen molar-refractivity contribution < 1.29 is 28.7 Å². The van der Waals surface area contributed by atoms with Crippen LogP contribution in [-0.4, -0.2) is 59.0 Å². The molecule has 8 nitrogen and oxygen atoms in total. The Bertz CT molecular complexity index is 1180. The highest BCUT2D eigenvalue weighted by atomic mass is 35.5. The number of alkyl halides is 1. The molecule has 2 heterocycles. The van der Waals surface area contributed by atoms with Crippen LogP contribution in [0.15, 0.2) is 52.3 Å². The number of carboxylic acid groups (broad SMARTS) is 1. The second-order valence-electron chi connectivity index (χ2n) is 8.26. The summed E-state index contributed by atoms with van der Waals surface area (Å²) in [5.41, 5.74) is 1.29. The van der Waals surface area contributed by atoms with Gasteiger partial charge in [0.25, 0.3) is 0 Å². The molecule has 4 rings (SSSR count). The largest absolute Gasteiger partial charge is 0.481 e. The average molecular weight is 520 g/mol. The van der Waals surface area contributed by atoms with Gasteiger partial charge in [-0.2, -0.15) is 0 Å². The maximum atomic E-state index is 13.9. The van der Waals surface area contributed by atoms with Crippen LogP contribution >= 0.6 is 23.4 Å². The average Bonchev–Trinajstić information content (AvgIpc) is 2.85. The number of urea groups is 1. The molecule has 184 valence electrons. The molecule has 2 unspecified atom stereocenters. The van der Waals surface area contributed by atoms with Crippen LogP contribution in [0.5, 0.6) is 0 Å². The molecule has 3 amide bonds. The van der Waals surface area contributed by atoms with Crippen LogP contribution in [-0.2, 0) is 14.4 Å². The summed E-state index contributed by atoms with van der Waals surface area (Å²) in [6, 6.07) is 9.75.